The van der Waals surface area contributed by atoms with Gasteiger partial charge in [0, 0.05) is 10.7 Å². The first kappa shape index (κ1) is 14.7. The van der Waals surface area contributed by atoms with Crippen LogP contribution < -0.4 is 10.2 Å². The number of carbonyl (C=O) groups is 1. The number of halogens is 1. The van der Waals surface area contributed by atoms with E-state index in [1.165, 1.54) is 0 Å². The van der Waals surface area contributed by atoms with Gasteiger partial charge >= 0.3 is 0 Å². The van der Waals surface area contributed by atoms with Crippen LogP contribution in [0.3, 0.4) is 0 Å². The zero-order valence-electron chi connectivity index (χ0n) is 10.7. The van der Waals surface area contributed by atoms with E-state index in [0.29, 0.717) is 11.7 Å². The number of nitrogens with zero attached hydrogens (tertiary/aromatic N) is 1. The minimum atomic E-state index is -0.271. The SMILES string of the molecule is Cc1cc(OCC(=O)N/N=C/C(C)C)ccc1Br. The Hall–Kier alpha value is -1.36. The number of amides is 1. The van der Waals surface area contributed by atoms with E-state index in [0.717, 1.165) is 10.0 Å². The lowest BCUT2D eigenvalue weighted by Gasteiger charge is -2.06. The van der Waals surface area contributed by atoms with Crippen molar-refractivity contribution in [2.45, 2.75) is 20.8 Å². The fourth-order valence-corrected chi connectivity index (χ4v) is 1.39. The molecule has 0 aliphatic heterocycles. The lowest BCUT2D eigenvalue weighted by Crippen LogP contribution is -2.24. The lowest BCUT2D eigenvalue weighted by molar-refractivity contribution is -0.123. The van der Waals surface area contributed by atoms with E-state index in [1.54, 1.807) is 6.21 Å². The molecule has 18 heavy (non-hydrogen) atoms. The number of benzene rings is 1. The van der Waals surface area contributed by atoms with Crippen LogP contribution in [0, 0.1) is 12.8 Å². The van der Waals surface area contributed by atoms with Crippen molar-refractivity contribution in [2.75, 3.05) is 6.61 Å². The molecule has 0 bridgehead atoms. The molecule has 0 aromatic heterocycles. The fraction of sp³-hybridized carbons (Fsp3) is 0.385. The van der Waals surface area contributed by atoms with Gasteiger partial charge in [-0.05, 0) is 36.6 Å². The Balaban J connectivity index is 2.40. The van der Waals surface area contributed by atoms with Crippen molar-refractivity contribution in [1.82, 2.24) is 5.43 Å². The minimum absolute atomic E-state index is 0.0451. The van der Waals surface area contributed by atoms with Crippen molar-refractivity contribution >= 4 is 28.1 Å². The smallest absolute Gasteiger partial charge is 0.277 e. The summed E-state index contributed by atoms with van der Waals surface area (Å²) in [6.07, 6.45) is 1.67. The first-order valence-corrected chi connectivity index (χ1v) is 6.49. The van der Waals surface area contributed by atoms with Gasteiger partial charge in [0.05, 0.1) is 0 Å². The van der Waals surface area contributed by atoms with Gasteiger partial charge in [0.15, 0.2) is 6.61 Å². The second kappa shape index (κ2) is 7.16. The predicted molar refractivity (Wildman–Crippen MR) is 75.8 cm³/mol. The summed E-state index contributed by atoms with van der Waals surface area (Å²) < 4.78 is 6.37. The molecule has 0 fully saturated rings. The molecule has 0 aliphatic carbocycles. The number of nitrogens with one attached hydrogen (secondary N) is 1. The zero-order valence-corrected chi connectivity index (χ0v) is 12.3. The normalized spacial score (nSPS) is 10.9. The maximum absolute atomic E-state index is 11.4. The molecule has 1 aromatic rings. The second-order valence-electron chi connectivity index (χ2n) is 4.26. The molecule has 0 saturated carbocycles. The van der Waals surface area contributed by atoms with E-state index in [9.17, 15) is 4.79 Å². The standard InChI is InChI=1S/C13H17BrN2O2/c1-9(2)7-15-16-13(17)8-18-11-4-5-12(14)10(3)6-11/h4-7,9H,8H2,1-3H3,(H,16,17)/b15-7+. The number of carbonyl (C=O) groups excluding carboxylic acids is 1. The van der Waals surface area contributed by atoms with E-state index in [1.807, 2.05) is 39.0 Å². The molecule has 0 radical (unpaired) electrons. The molecule has 4 nitrogen and oxygen atoms in total. The number of rotatable bonds is 5. The van der Waals surface area contributed by atoms with Crippen molar-refractivity contribution in [3.63, 3.8) is 0 Å². The Morgan fingerprint density at radius 2 is 2.28 bits per heavy atom. The number of hydrazone groups is 1. The van der Waals surface area contributed by atoms with Gasteiger partial charge in [-0.2, -0.15) is 5.10 Å². The van der Waals surface area contributed by atoms with Crippen LogP contribution in [0.4, 0.5) is 0 Å². The van der Waals surface area contributed by atoms with Gasteiger partial charge in [0.25, 0.3) is 5.91 Å². The number of hydrogen-bond donors (Lipinski definition) is 1. The highest BCUT2D eigenvalue weighted by molar-refractivity contribution is 9.10. The molecule has 0 atom stereocenters. The molecule has 0 spiro atoms. The van der Waals surface area contributed by atoms with Crippen LogP contribution in [-0.4, -0.2) is 18.7 Å². The van der Waals surface area contributed by atoms with Gasteiger partial charge in [-0.15, -0.1) is 0 Å². The van der Waals surface area contributed by atoms with Gasteiger partial charge in [-0.1, -0.05) is 29.8 Å². The average Bonchev–Trinajstić information content (AvgIpc) is 2.30. The molecular formula is C13H17BrN2O2. The second-order valence-corrected chi connectivity index (χ2v) is 5.11. The third-order valence-corrected chi connectivity index (χ3v) is 2.95. The first-order chi connectivity index (χ1) is 8.49. The maximum atomic E-state index is 11.4. The highest BCUT2D eigenvalue weighted by atomic mass is 79.9. The molecule has 98 valence electrons. The Morgan fingerprint density at radius 1 is 1.56 bits per heavy atom. The maximum Gasteiger partial charge on any atom is 0.277 e. The molecule has 5 heteroatoms. The van der Waals surface area contributed by atoms with E-state index >= 15 is 0 Å². The molecule has 1 rings (SSSR count). The lowest BCUT2D eigenvalue weighted by atomic mass is 10.2. The van der Waals surface area contributed by atoms with Crippen molar-refractivity contribution in [3.8, 4) is 5.75 Å². The third-order valence-electron chi connectivity index (χ3n) is 2.06. The van der Waals surface area contributed by atoms with Crippen LogP contribution in [0.5, 0.6) is 5.75 Å². The predicted octanol–water partition coefficient (Wildman–Crippen LogP) is 2.89. The van der Waals surface area contributed by atoms with Crippen LogP contribution >= 0.6 is 15.9 Å². The summed E-state index contributed by atoms with van der Waals surface area (Å²) in [7, 11) is 0. The van der Waals surface area contributed by atoms with Gasteiger partial charge in [-0.3, -0.25) is 4.79 Å². The Kier molecular flexibility index (Phi) is 5.85. The van der Waals surface area contributed by atoms with Crippen LogP contribution in [0.2, 0.25) is 0 Å². The third kappa shape index (κ3) is 5.31. The Labute approximate surface area is 116 Å². The monoisotopic (exact) mass is 312 g/mol. The number of hydrogen-bond acceptors (Lipinski definition) is 3. The van der Waals surface area contributed by atoms with Gasteiger partial charge in [0.2, 0.25) is 0 Å². The minimum Gasteiger partial charge on any atom is -0.484 e. The molecule has 1 aromatic carbocycles. The quantitative estimate of drug-likeness (QED) is 0.671. The summed E-state index contributed by atoms with van der Waals surface area (Å²) in [5, 5.41) is 3.80. The summed E-state index contributed by atoms with van der Waals surface area (Å²) in [5.74, 6) is 0.700. The Bertz CT molecular complexity index is 445. The topological polar surface area (TPSA) is 50.7 Å². The molecule has 0 heterocycles. The number of aryl methyl sites for hydroxylation is 1. The molecule has 1 amide bonds. The van der Waals surface area contributed by atoms with E-state index in [2.05, 4.69) is 26.5 Å². The fourth-order valence-electron chi connectivity index (χ4n) is 1.15. The molecule has 0 unspecified atom stereocenters. The van der Waals surface area contributed by atoms with Crippen LogP contribution in [-0.2, 0) is 4.79 Å². The van der Waals surface area contributed by atoms with Crippen LogP contribution in [0.1, 0.15) is 19.4 Å². The van der Waals surface area contributed by atoms with Gasteiger partial charge in [-0.25, -0.2) is 5.43 Å². The van der Waals surface area contributed by atoms with Gasteiger partial charge in [0.1, 0.15) is 5.75 Å². The van der Waals surface area contributed by atoms with E-state index in [-0.39, 0.29) is 12.5 Å². The van der Waals surface area contributed by atoms with Crippen molar-refractivity contribution in [3.05, 3.63) is 28.2 Å². The first-order valence-electron chi connectivity index (χ1n) is 5.70. The van der Waals surface area contributed by atoms with Crippen molar-refractivity contribution in [2.24, 2.45) is 11.0 Å². The summed E-state index contributed by atoms with van der Waals surface area (Å²) in [4.78, 5) is 11.4. The highest BCUT2D eigenvalue weighted by Gasteiger charge is 2.02. The van der Waals surface area contributed by atoms with Crippen LogP contribution in [0.25, 0.3) is 0 Å². The largest absolute Gasteiger partial charge is 0.484 e. The van der Waals surface area contributed by atoms with E-state index < -0.39 is 0 Å². The Morgan fingerprint density at radius 3 is 2.89 bits per heavy atom. The summed E-state index contributed by atoms with van der Waals surface area (Å²) in [6, 6.07) is 5.57. The summed E-state index contributed by atoms with van der Waals surface area (Å²) >= 11 is 3.40. The summed E-state index contributed by atoms with van der Waals surface area (Å²) in [6.45, 7) is 5.88. The summed E-state index contributed by atoms with van der Waals surface area (Å²) in [5.41, 5.74) is 3.47. The van der Waals surface area contributed by atoms with Crippen molar-refractivity contribution < 1.29 is 9.53 Å². The zero-order chi connectivity index (χ0) is 13.5. The average molecular weight is 313 g/mol. The highest BCUT2D eigenvalue weighted by Crippen LogP contribution is 2.21. The van der Waals surface area contributed by atoms with Gasteiger partial charge < -0.3 is 4.74 Å². The molecular weight excluding hydrogens is 296 g/mol. The van der Waals surface area contributed by atoms with Crippen LogP contribution in [0.15, 0.2) is 27.8 Å². The number of ether oxygens (including phenoxy) is 1. The molecule has 0 aliphatic rings. The molecule has 1 N–H and O–H groups in total. The molecule has 0 saturated heterocycles. The van der Waals surface area contributed by atoms with E-state index in [4.69, 9.17) is 4.74 Å². The van der Waals surface area contributed by atoms with Crippen molar-refractivity contribution in [1.29, 1.82) is 0 Å².